The van der Waals surface area contributed by atoms with Gasteiger partial charge in [0, 0.05) is 5.56 Å². The zero-order valence-corrected chi connectivity index (χ0v) is 13.8. The van der Waals surface area contributed by atoms with Crippen LogP contribution in [0.3, 0.4) is 0 Å². The Morgan fingerprint density at radius 1 is 1.12 bits per heavy atom. The number of benzene rings is 1. The van der Waals surface area contributed by atoms with Gasteiger partial charge in [-0.1, -0.05) is 19.4 Å². The van der Waals surface area contributed by atoms with Crippen molar-refractivity contribution in [2.75, 3.05) is 6.61 Å². The van der Waals surface area contributed by atoms with Gasteiger partial charge in [0.25, 0.3) is 12.9 Å². The lowest BCUT2D eigenvalue weighted by Crippen LogP contribution is -2.15. The first-order valence-corrected chi connectivity index (χ1v) is 8.20. The molecule has 0 bridgehead atoms. The summed E-state index contributed by atoms with van der Waals surface area (Å²) in [6.07, 6.45) is -1.47. The van der Waals surface area contributed by atoms with Gasteiger partial charge >= 0.3 is 0 Å². The third-order valence-electron chi connectivity index (χ3n) is 4.08. The molecule has 24 heavy (non-hydrogen) atoms. The third kappa shape index (κ3) is 4.02. The monoisotopic (exact) mass is 346 g/mol. The fourth-order valence-corrected chi connectivity index (χ4v) is 2.99. The Morgan fingerprint density at radius 3 is 2.33 bits per heavy atom. The van der Waals surface area contributed by atoms with Gasteiger partial charge in [0.2, 0.25) is 0 Å². The minimum atomic E-state index is -3.03. The first-order valence-electron chi connectivity index (χ1n) is 8.20. The van der Waals surface area contributed by atoms with Crippen molar-refractivity contribution in [2.45, 2.75) is 58.5 Å². The van der Waals surface area contributed by atoms with E-state index in [4.69, 9.17) is 9.47 Å². The van der Waals surface area contributed by atoms with Crippen molar-refractivity contribution in [3.8, 4) is 5.75 Å². The molecule has 1 aromatic rings. The van der Waals surface area contributed by atoms with Crippen LogP contribution in [-0.2, 0) is 4.74 Å². The second kappa shape index (κ2) is 8.40. The fraction of sp³-hybridized carbons (Fsp3) is 0.556. The highest BCUT2D eigenvalue weighted by molar-refractivity contribution is 5.71. The molecule has 1 aliphatic heterocycles. The van der Waals surface area contributed by atoms with Gasteiger partial charge in [0.15, 0.2) is 0 Å². The van der Waals surface area contributed by atoms with E-state index in [1.54, 1.807) is 6.92 Å². The molecule has 1 aromatic carbocycles. The van der Waals surface area contributed by atoms with E-state index in [9.17, 15) is 17.6 Å². The standard InChI is InChI=1S/C18H22F4O2/c1-3-5-12-7-6-11(10-24-12)13-8-9-14(23-4-2)16(18(21)22)15(13)17(19)20/h8-10,12,17-18H,3-7H2,1-2H3. The van der Waals surface area contributed by atoms with E-state index in [0.717, 1.165) is 12.8 Å². The second-order valence-electron chi connectivity index (χ2n) is 5.70. The van der Waals surface area contributed by atoms with E-state index < -0.39 is 24.0 Å². The molecule has 0 amide bonds. The molecule has 1 heterocycles. The molecule has 0 spiro atoms. The Kier molecular flexibility index (Phi) is 6.52. The Morgan fingerprint density at radius 2 is 1.83 bits per heavy atom. The molecule has 0 aromatic heterocycles. The Hall–Kier alpha value is -1.72. The van der Waals surface area contributed by atoms with Crippen LogP contribution in [0.1, 0.15) is 69.1 Å². The van der Waals surface area contributed by atoms with Crippen LogP contribution in [0.25, 0.3) is 5.57 Å². The number of rotatable bonds is 7. The summed E-state index contributed by atoms with van der Waals surface area (Å²) in [6.45, 7) is 3.79. The molecule has 134 valence electrons. The minimum absolute atomic E-state index is 0.0611. The van der Waals surface area contributed by atoms with Crippen LogP contribution in [-0.4, -0.2) is 12.7 Å². The minimum Gasteiger partial charge on any atom is -0.498 e. The number of alkyl halides is 4. The van der Waals surface area contributed by atoms with Crippen LogP contribution >= 0.6 is 0 Å². The normalized spacial score (nSPS) is 17.8. The third-order valence-corrected chi connectivity index (χ3v) is 4.08. The van der Waals surface area contributed by atoms with Gasteiger partial charge < -0.3 is 9.47 Å². The molecule has 6 heteroatoms. The highest BCUT2D eigenvalue weighted by atomic mass is 19.3. The predicted octanol–water partition coefficient (Wildman–Crippen LogP) is 6.28. The van der Waals surface area contributed by atoms with Crippen LogP contribution in [0.5, 0.6) is 5.75 Å². The average molecular weight is 346 g/mol. The first-order chi connectivity index (χ1) is 11.5. The lowest BCUT2D eigenvalue weighted by Gasteiger charge is -2.25. The van der Waals surface area contributed by atoms with Crippen LogP contribution in [0.15, 0.2) is 18.4 Å². The van der Waals surface area contributed by atoms with E-state index in [2.05, 4.69) is 0 Å². The van der Waals surface area contributed by atoms with Crippen LogP contribution in [0, 0.1) is 0 Å². The predicted molar refractivity (Wildman–Crippen MR) is 84.5 cm³/mol. The zero-order chi connectivity index (χ0) is 17.7. The Labute approximate surface area is 139 Å². The maximum Gasteiger partial charge on any atom is 0.267 e. The van der Waals surface area contributed by atoms with Gasteiger partial charge in [-0.3, -0.25) is 0 Å². The fourth-order valence-electron chi connectivity index (χ4n) is 2.99. The van der Waals surface area contributed by atoms with Crippen molar-refractivity contribution in [3.63, 3.8) is 0 Å². The van der Waals surface area contributed by atoms with Gasteiger partial charge in [-0.2, -0.15) is 0 Å². The summed E-state index contributed by atoms with van der Waals surface area (Å²) in [4.78, 5) is 0. The van der Waals surface area contributed by atoms with E-state index in [-0.39, 0.29) is 24.0 Å². The molecule has 0 saturated heterocycles. The maximum atomic E-state index is 13.6. The highest BCUT2D eigenvalue weighted by Gasteiger charge is 2.29. The van der Waals surface area contributed by atoms with Crippen LogP contribution in [0.2, 0.25) is 0 Å². The topological polar surface area (TPSA) is 18.5 Å². The number of halogens is 4. The molecule has 0 aliphatic carbocycles. The van der Waals surface area contributed by atoms with Crippen molar-refractivity contribution >= 4 is 5.57 Å². The number of ether oxygens (including phenoxy) is 2. The summed E-state index contributed by atoms with van der Waals surface area (Å²) in [6, 6.07) is 2.76. The lowest BCUT2D eigenvalue weighted by molar-refractivity contribution is 0.115. The average Bonchev–Trinajstić information content (AvgIpc) is 2.55. The summed E-state index contributed by atoms with van der Waals surface area (Å²) in [7, 11) is 0. The maximum absolute atomic E-state index is 13.6. The largest absolute Gasteiger partial charge is 0.498 e. The van der Waals surface area contributed by atoms with Crippen molar-refractivity contribution in [3.05, 3.63) is 35.1 Å². The smallest absolute Gasteiger partial charge is 0.267 e. The molecule has 1 aliphatic rings. The van der Waals surface area contributed by atoms with E-state index in [1.807, 2.05) is 6.92 Å². The summed E-state index contributed by atoms with van der Waals surface area (Å²) in [5.41, 5.74) is -0.720. The summed E-state index contributed by atoms with van der Waals surface area (Å²) in [5.74, 6) is -0.187. The number of hydrogen-bond donors (Lipinski definition) is 0. The summed E-state index contributed by atoms with van der Waals surface area (Å²) < 4.78 is 64.7. The summed E-state index contributed by atoms with van der Waals surface area (Å²) >= 11 is 0. The van der Waals surface area contributed by atoms with E-state index >= 15 is 0 Å². The van der Waals surface area contributed by atoms with Gasteiger partial charge in [-0.25, -0.2) is 17.6 Å². The first kappa shape index (κ1) is 18.6. The Balaban J connectivity index is 2.45. The molecular formula is C18H22F4O2. The molecular weight excluding hydrogens is 324 g/mol. The molecule has 1 unspecified atom stereocenters. The zero-order valence-electron chi connectivity index (χ0n) is 13.8. The van der Waals surface area contributed by atoms with Crippen molar-refractivity contribution in [2.24, 2.45) is 0 Å². The molecule has 0 radical (unpaired) electrons. The van der Waals surface area contributed by atoms with Crippen LogP contribution < -0.4 is 4.74 Å². The number of hydrogen-bond acceptors (Lipinski definition) is 2. The van der Waals surface area contributed by atoms with Gasteiger partial charge in [0.1, 0.15) is 5.75 Å². The van der Waals surface area contributed by atoms with Crippen molar-refractivity contribution < 1.29 is 27.0 Å². The van der Waals surface area contributed by atoms with Gasteiger partial charge in [-0.15, -0.1) is 0 Å². The Bertz CT molecular complexity index is 585. The van der Waals surface area contributed by atoms with Gasteiger partial charge in [0.05, 0.1) is 24.5 Å². The van der Waals surface area contributed by atoms with Crippen molar-refractivity contribution in [1.82, 2.24) is 0 Å². The van der Waals surface area contributed by atoms with Gasteiger partial charge in [-0.05, 0) is 43.4 Å². The lowest BCUT2D eigenvalue weighted by atomic mass is 9.91. The SMILES string of the molecule is CCCC1CCC(c2ccc(OCC)c(C(F)F)c2C(F)F)=CO1. The van der Waals surface area contributed by atoms with Crippen molar-refractivity contribution in [1.29, 1.82) is 0 Å². The molecule has 0 N–H and O–H groups in total. The summed E-state index contributed by atoms with van der Waals surface area (Å²) in [5, 5.41) is 0. The number of allylic oxidation sites excluding steroid dienone is 1. The molecule has 2 nitrogen and oxygen atoms in total. The molecule has 0 fully saturated rings. The van der Waals surface area contributed by atoms with E-state index in [1.165, 1.54) is 18.4 Å². The second-order valence-corrected chi connectivity index (χ2v) is 5.70. The highest BCUT2D eigenvalue weighted by Crippen LogP contribution is 2.43. The van der Waals surface area contributed by atoms with Crippen LogP contribution in [0.4, 0.5) is 17.6 Å². The molecule has 0 saturated carbocycles. The molecule has 2 rings (SSSR count). The quantitative estimate of drug-likeness (QED) is 0.541. The van der Waals surface area contributed by atoms with E-state index in [0.29, 0.717) is 18.4 Å². The molecule has 1 atom stereocenters.